The molecule has 0 bridgehead atoms. The number of nitrogens with zero attached hydrogens (tertiary/aromatic N) is 1. The first-order valence-corrected chi connectivity index (χ1v) is 8.51. The molecular formula is C12H12FNO3S2. The maximum absolute atomic E-state index is 12.8. The van der Waals surface area contributed by atoms with E-state index in [1.165, 1.54) is 36.3 Å². The summed E-state index contributed by atoms with van der Waals surface area (Å²) < 4.78 is 40.2. The molecule has 0 unspecified atom stereocenters. The van der Waals surface area contributed by atoms with Crippen molar-refractivity contribution in [2.45, 2.75) is 5.22 Å². The average Bonchev–Trinajstić information content (AvgIpc) is 2.77. The molecule has 0 N–H and O–H groups in total. The van der Waals surface area contributed by atoms with E-state index in [-0.39, 0.29) is 11.6 Å². The molecule has 0 saturated carbocycles. The first kappa shape index (κ1) is 14.1. The van der Waals surface area contributed by atoms with E-state index in [9.17, 15) is 12.8 Å². The standard InChI is InChI=1S/C12H12FNO3S2/c1-19(15,16)7-6-18-12-14-8-11(17-12)9-2-4-10(13)5-3-9/h2-5,8H,6-7H2,1H3. The van der Waals surface area contributed by atoms with Crippen LogP contribution in [0, 0.1) is 5.82 Å². The summed E-state index contributed by atoms with van der Waals surface area (Å²) in [4.78, 5) is 4.04. The van der Waals surface area contributed by atoms with Gasteiger partial charge in [-0.05, 0) is 24.3 Å². The summed E-state index contributed by atoms with van der Waals surface area (Å²) in [6.45, 7) is 0. The minimum atomic E-state index is -2.98. The van der Waals surface area contributed by atoms with Gasteiger partial charge in [0.1, 0.15) is 15.7 Å². The summed E-state index contributed by atoms with van der Waals surface area (Å²) in [6, 6.07) is 5.88. The van der Waals surface area contributed by atoms with Gasteiger partial charge in [0.15, 0.2) is 5.76 Å². The van der Waals surface area contributed by atoms with Crippen LogP contribution in [0.5, 0.6) is 0 Å². The summed E-state index contributed by atoms with van der Waals surface area (Å²) in [7, 11) is -2.98. The van der Waals surface area contributed by atoms with Gasteiger partial charge in [-0.15, -0.1) is 0 Å². The van der Waals surface area contributed by atoms with Crippen molar-refractivity contribution >= 4 is 21.6 Å². The Hall–Kier alpha value is -1.34. The Morgan fingerprint density at radius 3 is 2.63 bits per heavy atom. The number of halogens is 1. The van der Waals surface area contributed by atoms with Crippen LogP contribution in [-0.4, -0.2) is 31.2 Å². The van der Waals surface area contributed by atoms with Crippen LogP contribution in [0.2, 0.25) is 0 Å². The van der Waals surface area contributed by atoms with E-state index in [2.05, 4.69) is 4.98 Å². The molecule has 1 aromatic carbocycles. The molecule has 7 heteroatoms. The van der Waals surface area contributed by atoms with Crippen molar-refractivity contribution in [1.82, 2.24) is 4.98 Å². The van der Waals surface area contributed by atoms with E-state index >= 15 is 0 Å². The highest BCUT2D eigenvalue weighted by molar-refractivity contribution is 8.00. The fourth-order valence-electron chi connectivity index (χ4n) is 1.35. The molecule has 0 spiro atoms. The third-order valence-electron chi connectivity index (χ3n) is 2.29. The van der Waals surface area contributed by atoms with E-state index in [1.54, 1.807) is 12.1 Å². The molecule has 0 saturated heterocycles. The van der Waals surface area contributed by atoms with Crippen LogP contribution in [0.25, 0.3) is 11.3 Å². The number of benzene rings is 1. The molecule has 4 nitrogen and oxygen atoms in total. The average molecular weight is 301 g/mol. The predicted octanol–water partition coefficient (Wildman–Crippen LogP) is 2.62. The Morgan fingerprint density at radius 1 is 1.32 bits per heavy atom. The molecule has 0 amide bonds. The number of hydrogen-bond acceptors (Lipinski definition) is 5. The zero-order valence-corrected chi connectivity index (χ0v) is 11.8. The second kappa shape index (κ2) is 5.75. The molecule has 0 aliphatic rings. The monoisotopic (exact) mass is 301 g/mol. The molecule has 2 rings (SSSR count). The lowest BCUT2D eigenvalue weighted by molar-refractivity contribution is 0.466. The number of oxazole rings is 1. The van der Waals surface area contributed by atoms with Gasteiger partial charge in [0, 0.05) is 17.6 Å². The maximum Gasteiger partial charge on any atom is 0.256 e. The fraction of sp³-hybridized carbons (Fsp3) is 0.250. The molecule has 0 fully saturated rings. The molecule has 19 heavy (non-hydrogen) atoms. The molecule has 1 heterocycles. The molecule has 0 aliphatic heterocycles. The fourth-order valence-corrected chi connectivity index (χ4v) is 3.35. The zero-order chi connectivity index (χ0) is 13.9. The van der Waals surface area contributed by atoms with Crippen molar-refractivity contribution in [3.8, 4) is 11.3 Å². The smallest absolute Gasteiger partial charge is 0.256 e. The van der Waals surface area contributed by atoms with Gasteiger partial charge in [0.2, 0.25) is 0 Å². The van der Waals surface area contributed by atoms with E-state index < -0.39 is 9.84 Å². The Balaban J connectivity index is 2.01. The summed E-state index contributed by atoms with van der Waals surface area (Å²) in [5.74, 6) is 0.682. The van der Waals surface area contributed by atoms with Crippen LogP contribution in [0.15, 0.2) is 40.1 Å². The summed E-state index contributed by atoms with van der Waals surface area (Å²) in [5.41, 5.74) is 0.726. The number of sulfone groups is 1. The third-order valence-corrected chi connectivity index (χ3v) is 4.34. The highest BCUT2D eigenvalue weighted by Gasteiger charge is 2.09. The first-order valence-electron chi connectivity index (χ1n) is 5.46. The van der Waals surface area contributed by atoms with Gasteiger partial charge in [-0.2, -0.15) is 0 Å². The lowest BCUT2D eigenvalue weighted by atomic mass is 10.2. The molecule has 0 radical (unpaired) electrons. The SMILES string of the molecule is CS(=O)(=O)CCSc1ncc(-c2ccc(F)cc2)o1. The van der Waals surface area contributed by atoms with Crippen LogP contribution >= 0.6 is 11.8 Å². The largest absolute Gasteiger partial charge is 0.431 e. The van der Waals surface area contributed by atoms with Gasteiger partial charge in [-0.25, -0.2) is 17.8 Å². The third kappa shape index (κ3) is 4.36. The van der Waals surface area contributed by atoms with Crippen LogP contribution in [-0.2, 0) is 9.84 Å². The van der Waals surface area contributed by atoms with Crippen molar-refractivity contribution in [2.24, 2.45) is 0 Å². The zero-order valence-electron chi connectivity index (χ0n) is 10.2. The second-order valence-electron chi connectivity index (χ2n) is 3.98. The lowest BCUT2D eigenvalue weighted by Gasteiger charge is -1.96. The lowest BCUT2D eigenvalue weighted by Crippen LogP contribution is -2.04. The highest BCUT2D eigenvalue weighted by Crippen LogP contribution is 2.25. The minimum Gasteiger partial charge on any atom is -0.431 e. The summed E-state index contributed by atoms with van der Waals surface area (Å²) in [5, 5.41) is 0.406. The van der Waals surface area contributed by atoms with E-state index in [1.807, 2.05) is 0 Å². The normalized spacial score (nSPS) is 11.7. The van der Waals surface area contributed by atoms with Crippen molar-refractivity contribution in [1.29, 1.82) is 0 Å². The van der Waals surface area contributed by atoms with Gasteiger partial charge in [0.05, 0.1) is 11.9 Å². The Bertz CT molecular complexity index is 650. The van der Waals surface area contributed by atoms with Gasteiger partial charge in [-0.1, -0.05) is 11.8 Å². The van der Waals surface area contributed by atoms with Gasteiger partial charge >= 0.3 is 0 Å². The Labute approximate surface area is 115 Å². The van der Waals surface area contributed by atoms with Crippen LogP contribution in [0.4, 0.5) is 4.39 Å². The molecule has 102 valence electrons. The van der Waals surface area contributed by atoms with Crippen molar-refractivity contribution in [3.63, 3.8) is 0 Å². The summed E-state index contributed by atoms with van der Waals surface area (Å²) >= 11 is 1.23. The van der Waals surface area contributed by atoms with Gasteiger partial charge in [0.25, 0.3) is 5.22 Å². The molecule has 0 aliphatic carbocycles. The van der Waals surface area contributed by atoms with Gasteiger partial charge < -0.3 is 4.42 Å². The van der Waals surface area contributed by atoms with Gasteiger partial charge in [-0.3, -0.25) is 0 Å². The van der Waals surface area contributed by atoms with Crippen molar-refractivity contribution in [3.05, 3.63) is 36.3 Å². The predicted molar refractivity (Wildman–Crippen MR) is 72.3 cm³/mol. The maximum atomic E-state index is 12.8. The number of thioether (sulfide) groups is 1. The van der Waals surface area contributed by atoms with E-state index in [0.717, 1.165) is 5.56 Å². The number of rotatable bonds is 5. The van der Waals surface area contributed by atoms with Crippen LogP contribution < -0.4 is 0 Å². The molecule has 2 aromatic rings. The second-order valence-corrected chi connectivity index (χ2v) is 7.28. The topological polar surface area (TPSA) is 60.2 Å². The molecule has 1 aromatic heterocycles. The Kier molecular flexibility index (Phi) is 4.26. The van der Waals surface area contributed by atoms with Crippen LogP contribution in [0.3, 0.4) is 0 Å². The van der Waals surface area contributed by atoms with Crippen molar-refractivity contribution in [2.75, 3.05) is 17.8 Å². The highest BCUT2D eigenvalue weighted by atomic mass is 32.2. The first-order chi connectivity index (χ1) is 8.94. The minimum absolute atomic E-state index is 0.0753. The van der Waals surface area contributed by atoms with E-state index in [0.29, 0.717) is 16.7 Å². The summed E-state index contributed by atoms with van der Waals surface area (Å²) in [6.07, 6.45) is 2.73. The number of hydrogen-bond donors (Lipinski definition) is 0. The van der Waals surface area contributed by atoms with Crippen LogP contribution in [0.1, 0.15) is 0 Å². The van der Waals surface area contributed by atoms with Crippen molar-refractivity contribution < 1.29 is 17.2 Å². The molecular weight excluding hydrogens is 289 g/mol. The quantitative estimate of drug-likeness (QED) is 0.794. The Morgan fingerprint density at radius 2 is 2.00 bits per heavy atom. The van der Waals surface area contributed by atoms with E-state index in [4.69, 9.17) is 4.42 Å². The molecule has 0 atom stereocenters. The number of aromatic nitrogens is 1.